The number of carboxylic acids is 1. The normalized spacial score (nSPS) is 24.4. The number of rotatable bonds is 4. The molecule has 1 unspecified atom stereocenters. The van der Waals surface area contributed by atoms with Crippen molar-refractivity contribution in [2.45, 2.75) is 25.4 Å². The monoisotopic (exact) mass is 294 g/mol. The van der Waals surface area contributed by atoms with Crippen LogP contribution in [-0.2, 0) is 9.59 Å². The van der Waals surface area contributed by atoms with Crippen LogP contribution in [0.5, 0.6) is 0 Å². The lowest BCUT2D eigenvalue weighted by atomic mass is 9.91. The van der Waals surface area contributed by atoms with Gasteiger partial charge in [0.2, 0.25) is 5.91 Å². The number of carbonyl (C=O) groups is 2. The standard InChI is InChI=1S/C12H17F3N2O3/c13-12(14,15)7-17(6-9(18)19)10(20)8-5-11(8)1-3-16-4-2-11/h8,16H,1-7H2,(H,18,19). The highest BCUT2D eigenvalue weighted by Crippen LogP contribution is 2.59. The molecule has 1 saturated heterocycles. The molecule has 2 N–H and O–H groups in total. The highest BCUT2D eigenvalue weighted by Gasteiger charge is 2.59. The quantitative estimate of drug-likeness (QED) is 0.806. The van der Waals surface area contributed by atoms with Crippen LogP contribution < -0.4 is 5.32 Å². The number of piperidine rings is 1. The molecule has 0 aromatic carbocycles. The maximum Gasteiger partial charge on any atom is 0.406 e. The third-order valence-corrected chi connectivity index (χ3v) is 4.10. The molecular formula is C12H17F3N2O3. The van der Waals surface area contributed by atoms with E-state index in [-0.39, 0.29) is 5.41 Å². The van der Waals surface area contributed by atoms with Gasteiger partial charge in [-0.1, -0.05) is 0 Å². The van der Waals surface area contributed by atoms with Gasteiger partial charge in [-0.25, -0.2) is 0 Å². The second-order valence-electron chi connectivity index (χ2n) is 5.57. The molecule has 1 aliphatic carbocycles. The van der Waals surface area contributed by atoms with E-state index < -0.39 is 37.1 Å². The van der Waals surface area contributed by atoms with Crippen LogP contribution in [0.4, 0.5) is 13.2 Å². The summed E-state index contributed by atoms with van der Waals surface area (Å²) in [5.41, 5.74) is -0.204. The Morgan fingerprint density at radius 2 is 1.90 bits per heavy atom. The highest BCUT2D eigenvalue weighted by atomic mass is 19.4. The Balaban J connectivity index is 2.02. The molecular weight excluding hydrogens is 277 g/mol. The van der Waals surface area contributed by atoms with Crippen molar-refractivity contribution in [1.29, 1.82) is 0 Å². The summed E-state index contributed by atoms with van der Waals surface area (Å²) in [5.74, 6) is -2.56. The van der Waals surface area contributed by atoms with Gasteiger partial charge < -0.3 is 15.3 Å². The van der Waals surface area contributed by atoms with Crippen LogP contribution >= 0.6 is 0 Å². The van der Waals surface area contributed by atoms with Gasteiger partial charge in [0.05, 0.1) is 0 Å². The van der Waals surface area contributed by atoms with Gasteiger partial charge in [-0.2, -0.15) is 13.2 Å². The first-order valence-corrected chi connectivity index (χ1v) is 6.52. The van der Waals surface area contributed by atoms with E-state index in [1.807, 2.05) is 0 Å². The highest BCUT2D eigenvalue weighted by molar-refractivity contribution is 5.86. The number of carbonyl (C=O) groups excluding carboxylic acids is 1. The van der Waals surface area contributed by atoms with Gasteiger partial charge in [0.25, 0.3) is 0 Å². The average molecular weight is 294 g/mol. The lowest BCUT2D eigenvalue weighted by Crippen LogP contribution is -2.44. The fraction of sp³-hybridized carbons (Fsp3) is 0.833. The Labute approximate surface area is 114 Å². The molecule has 1 spiro atoms. The Bertz CT molecular complexity index is 405. The summed E-state index contributed by atoms with van der Waals surface area (Å²) in [6.45, 7) is -0.893. The van der Waals surface area contributed by atoms with Gasteiger partial charge in [0.15, 0.2) is 0 Å². The van der Waals surface area contributed by atoms with Crippen molar-refractivity contribution in [3.8, 4) is 0 Å². The molecule has 5 nitrogen and oxygen atoms in total. The van der Waals surface area contributed by atoms with E-state index in [0.717, 1.165) is 25.9 Å². The SMILES string of the molecule is O=C(O)CN(CC(F)(F)F)C(=O)C1CC12CCNCC2. The first kappa shape index (κ1) is 15.1. The van der Waals surface area contributed by atoms with Crippen molar-refractivity contribution in [2.24, 2.45) is 11.3 Å². The van der Waals surface area contributed by atoms with E-state index in [1.54, 1.807) is 0 Å². The molecule has 20 heavy (non-hydrogen) atoms. The lowest BCUT2D eigenvalue weighted by Gasteiger charge is -2.26. The van der Waals surface area contributed by atoms with Crippen LogP contribution in [0.2, 0.25) is 0 Å². The molecule has 2 aliphatic rings. The van der Waals surface area contributed by atoms with Gasteiger partial charge >= 0.3 is 12.1 Å². The number of hydrogen-bond acceptors (Lipinski definition) is 3. The minimum Gasteiger partial charge on any atom is -0.480 e. The minimum atomic E-state index is -4.58. The fourth-order valence-corrected chi connectivity index (χ4v) is 2.99. The number of carboxylic acid groups (broad SMARTS) is 1. The molecule has 0 aromatic heterocycles. The molecule has 0 aromatic rings. The molecule has 2 fully saturated rings. The molecule has 8 heteroatoms. The predicted molar refractivity (Wildman–Crippen MR) is 62.9 cm³/mol. The summed E-state index contributed by atoms with van der Waals surface area (Å²) in [7, 11) is 0. The average Bonchev–Trinajstić information content (AvgIpc) is 2.99. The number of nitrogens with one attached hydrogen (secondary N) is 1. The largest absolute Gasteiger partial charge is 0.480 e. The molecule has 1 aliphatic heterocycles. The lowest BCUT2D eigenvalue weighted by molar-refractivity contribution is -0.167. The number of hydrogen-bond donors (Lipinski definition) is 2. The van der Waals surface area contributed by atoms with Gasteiger partial charge in [-0.3, -0.25) is 9.59 Å². The van der Waals surface area contributed by atoms with Crippen LogP contribution in [0, 0.1) is 11.3 Å². The summed E-state index contributed by atoms with van der Waals surface area (Å²) in [6, 6.07) is 0. The topological polar surface area (TPSA) is 69.6 Å². The summed E-state index contributed by atoms with van der Waals surface area (Å²) < 4.78 is 37.3. The van der Waals surface area contributed by atoms with E-state index >= 15 is 0 Å². The van der Waals surface area contributed by atoms with Crippen molar-refractivity contribution >= 4 is 11.9 Å². The second-order valence-corrected chi connectivity index (χ2v) is 5.57. The zero-order valence-corrected chi connectivity index (χ0v) is 10.9. The zero-order valence-electron chi connectivity index (χ0n) is 10.9. The number of halogens is 3. The summed E-state index contributed by atoms with van der Waals surface area (Å²) in [5, 5.41) is 11.8. The zero-order chi connectivity index (χ0) is 15.0. The van der Waals surface area contributed by atoms with Gasteiger partial charge in [-0.15, -0.1) is 0 Å². The Kier molecular flexibility index (Phi) is 3.95. The Morgan fingerprint density at radius 3 is 2.40 bits per heavy atom. The van der Waals surface area contributed by atoms with E-state index in [4.69, 9.17) is 5.11 Å². The van der Waals surface area contributed by atoms with E-state index in [0.29, 0.717) is 11.3 Å². The number of alkyl halides is 3. The Hall–Kier alpha value is -1.31. The molecule has 0 radical (unpaired) electrons. The van der Waals surface area contributed by atoms with Crippen molar-refractivity contribution in [1.82, 2.24) is 10.2 Å². The molecule has 0 bridgehead atoms. The first-order chi connectivity index (χ1) is 9.23. The van der Waals surface area contributed by atoms with Crippen molar-refractivity contribution in [2.75, 3.05) is 26.2 Å². The van der Waals surface area contributed by atoms with Crippen molar-refractivity contribution in [3.63, 3.8) is 0 Å². The van der Waals surface area contributed by atoms with Gasteiger partial charge in [0, 0.05) is 5.92 Å². The Morgan fingerprint density at radius 1 is 1.30 bits per heavy atom. The van der Waals surface area contributed by atoms with E-state index in [9.17, 15) is 22.8 Å². The van der Waals surface area contributed by atoms with Crippen molar-refractivity contribution < 1.29 is 27.9 Å². The first-order valence-electron chi connectivity index (χ1n) is 6.52. The number of aliphatic carboxylic acids is 1. The molecule has 1 saturated carbocycles. The fourth-order valence-electron chi connectivity index (χ4n) is 2.99. The molecule has 114 valence electrons. The smallest absolute Gasteiger partial charge is 0.406 e. The van der Waals surface area contributed by atoms with Crippen LogP contribution in [0.15, 0.2) is 0 Å². The minimum absolute atomic E-state index is 0.204. The van der Waals surface area contributed by atoms with Crippen LogP contribution in [0.3, 0.4) is 0 Å². The van der Waals surface area contributed by atoms with Crippen LogP contribution in [0.1, 0.15) is 19.3 Å². The molecule has 1 atom stereocenters. The van der Waals surface area contributed by atoms with Crippen LogP contribution in [-0.4, -0.2) is 54.2 Å². The molecule has 1 amide bonds. The van der Waals surface area contributed by atoms with Gasteiger partial charge in [-0.05, 0) is 37.8 Å². The summed E-state index contributed by atoms with van der Waals surface area (Å²) in [4.78, 5) is 23.2. The number of amides is 1. The van der Waals surface area contributed by atoms with Crippen LogP contribution in [0.25, 0.3) is 0 Å². The van der Waals surface area contributed by atoms with Gasteiger partial charge in [0.1, 0.15) is 13.1 Å². The van der Waals surface area contributed by atoms with E-state index in [2.05, 4.69) is 5.32 Å². The molecule has 1 heterocycles. The maximum atomic E-state index is 12.4. The second kappa shape index (κ2) is 5.23. The number of nitrogens with zero attached hydrogens (tertiary/aromatic N) is 1. The maximum absolute atomic E-state index is 12.4. The third kappa shape index (κ3) is 3.41. The van der Waals surface area contributed by atoms with Crippen molar-refractivity contribution in [3.05, 3.63) is 0 Å². The van der Waals surface area contributed by atoms with E-state index in [1.165, 1.54) is 0 Å². The molecule has 2 rings (SSSR count). The predicted octanol–water partition coefficient (Wildman–Crippen LogP) is 0.852. The summed E-state index contributed by atoms with van der Waals surface area (Å²) >= 11 is 0. The summed E-state index contributed by atoms with van der Waals surface area (Å²) in [6.07, 6.45) is -2.49. The third-order valence-electron chi connectivity index (χ3n) is 4.10.